The van der Waals surface area contributed by atoms with E-state index in [-0.39, 0.29) is 28.7 Å². The second-order valence-electron chi connectivity index (χ2n) is 7.26. The van der Waals surface area contributed by atoms with Crippen LogP contribution in [0.1, 0.15) is 32.8 Å². The molecule has 5 rings (SSSR count). The average molecular weight is 461 g/mol. The van der Waals surface area contributed by atoms with Crippen molar-refractivity contribution in [1.82, 2.24) is 24.3 Å². The predicted molar refractivity (Wildman–Crippen MR) is 117 cm³/mol. The molecule has 4 aromatic heterocycles. The number of rotatable bonds is 5. The van der Waals surface area contributed by atoms with Gasteiger partial charge in [0.1, 0.15) is 12.1 Å². The van der Waals surface area contributed by atoms with E-state index in [1.165, 1.54) is 41.3 Å². The van der Waals surface area contributed by atoms with Crippen LogP contribution >= 0.6 is 0 Å². The average Bonchev–Trinajstić information content (AvgIpc) is 3.54. The lowest BCUT2D eigenvalue weighted by Gasteiger charge is -2.06. The van der Waals surface area contributed by atoms with Gasteiger partial charge in [-0.25, -0.2) is 24.3 Å². The summed E-state index contributed by atoms with van der Waals surface area (Å²) in [5, 5.41) is 5.28. The summed E-state index contributed by atoms with van der Waals surface area (Å²) in [4.78, 5) is 41.0. The number of nitrogens with zero attached hydrogens (tertiary/aromatic N) is 5. The van der Waals surface area contributed by atoms with Crippen LogP contribution in [0, 0.1) is 19.7 Å². The highest BCUT2D eigenvalue weighted by Crippen LogP contribution is 2.26. The molecule has 0 fully saturated rings. The van der Waals surface area contributed by atoms with Crippen molar-refractivity contribution in [3.8, 4) is 11.3 Å². The van der Waals surface area contributed by atoms with Gasteiger partial charge < -0.3 is 19.5 Å². The fraction of sp³-hybridized carbons (Fsp3) is 0.0909. The number of carbonyl (C=O) groups is 2. The van der Waals surface area contributed by atoms with Gasteiger partial charge in [0, 0.05) is 30.6 Å². The summed E-state index contributed by atoms with van der Waals surface area (Å²) in [6.45, 7) is 3.30. The van der Waals surface area contributed by atoms with Crippen LogP contribution in [0.15, 0.2) is 58.1 Å². The zero-order chi connectivity index (χ0) is 23.8. The molecule has 34 heavy (non-hydrogen) atoms. The highest BCUT2D eigenvalue weighted by atomic mass is 19.1. The Balaban J connectivity index is 1.41. The number of anilines is 2. The summed E-state index contributed by atoms with van der Waals surface area (Å²) in [5.41, 5.74) is 1.59. The van der Waals surface area contributed by atoms with Crippen molar-refractivity contribution in [2.24, 2.45) is 0 Å². The molecule has 0 saturated heterocycles. The van der Waals surface area contributed by atoms with Crippen molar-refractivity contribution in [1.29, 1.82) is 0 Å². The first-order valence-corrected chi connectivity index (χ1v) is 9.98. The smallest absolute Gasteiger partial charge is 0.311 e. The van der Waals surface area contributed by atoms with Crippen molar-refractivity contribution in [3.63, 3.8) is 0 Å². The van der Waals surface area contributed by atoms with Gasteiger partial charge in [0.25, 0.3) is 11.8 Å². The molecule has 0 saturated carbocycles. The molecular weight excluding hydrogens is 445 g/mol. The number of hydrogen-bond acceptors (Lipinski definition) is 8. The van der Waals surface area contributed by atoms with Crippen LogP contribution in [0.2, 0.25) is 0 Å². The molecule has 0 radical (unpaired) electrons. The number of halogens is 1. The van der Waals surface area contributed by atoms with Gasteiger partial charge in [0.05, 0.1) is 29.5 Å². The van der Waals surface area contributed by atoms with Crippen molar-refractivity contribution in [2.75, 3.05) is 10.6 Å². The maximum atomic E-state index is 14.6. The standard InChI is InChI=1S/C22H16FN7O4/c1-11-18(34-12(2)26-11)19(31)27-13-3-4-16(23)15(7-13)17-10-30-9-14(8-25-22(30)29-17)28-20(32)21-24-5-6-33-21/h3-10H,1-2H3,(H,27,31)(H,28,32). The fourth-order valence-corrected chi connectivity index (χ4v) is 3.33. The predicted octanol–water partition coefficient (Wildman–Crippen LogP) is 3.63. The van der Waals surface area contributed by atoms with E-state index in [0.29, 0.717) is 23.0 Å². The Hall–Kier alpha value is -4.87. The van der Waals surface area contributed by atoms with Crippen LogP contribution in [-0.4, -0.2) is 36.2 Å². The Bertz CT molecular complexity index is 1540. The van der Waals surface area contributed by atoms with Gasteiger partial charge in [-0.15, -0.1) is 0 Å². The highest BCUT2D eigenvalue weighted by Gasteiger charge is 2.18. The van der Waals surface area contributed by atoms with E-state index in [2.05, 4.69) is 30.6 Å². The molecule has 12 heteroatoms. The maximum Gasteiger partial charge on any atom is 0.311 e. The van der Waals surface area contributed by atoms with Crippen molar-refractivity contribution >= 4 is 29.0 Å². The lowest BCUT2D eigenvalue weighted by Crippen LogP contribution is -2.12. The Kier molecular flexibility index (Phi) is 5.09. The lowest BCUT2D eigenvalue weighted by atomic mass is 10.1. The molecule has 0 unspecified atom stereocenters. The third kappa shape index (κ3) is 3.99. The van der Waals surface area contributed by atoms with E-state index >= 15 is 0 Å². The van der Waals surface area contributed by atoms with Crippen LogP contribution in [0.4, 0.5) is 15.8 Å². The minimum absolute atomic E-state index is 0.0830. The minimum Gasteiger partial charge on any atom is -0.441 e. The Morgan fingerprint density at radius 3 is 2.59 bits per heavy atom. The number of imidazole rings is 1. The van der Waals surface area contributed by atoms with Gasteiger partial charge in [-0.3, -0.25) is 14.0 Å². The van der Waals surface area contributed by atoms with Crippen LogP contribution in [-0.2, 0) is 0 Å². The molecule has 0 bridgehead atoms. The van der Waals surface area contributed by atoms with Crippen molar-refractivity contribution < 1.29 is 22.8 Å². The summed E-state index contributed by atoms with van der Waals surface area (Å²) < 4.78 is 26.5. The number of aryl methyl sites for hydroxylation is 2. The topological polar surface area (TPSA) is 140 Å². The van der Waals surface area contributed by atoms with E-state index in [4.69, 9.17) is 8.83 Å². The van der Waals surface area contributed by atoms with E-state index in [1.54, 1.807) is 26.2 Å². The molecule has 1 aromatic carbocycles. The number of aromatic nitrogens is 5. The molecule has 2 N–H and O–H groups in total. The number of oxazole rings is 2. The van der Waals surface area contributed by atoms with Gasteiger partial charge in [-0.1, -0.05) is 0 Å². The van der Waals surface area contributed by atoms with Crippen LogP contribution in [0.5, 0.6) is 0 Å². The second-order valence-corrected chi connectivity index (χ2v) is 7.26. The molecule has 0 aliphatic rings. The van der Waals surface area contributed by atoms with E-state index in [0.717, 1.165) is 0 Å². The summed E-state index contributed by atoms with van der Waals surface area (Å²) in [5.74, 6) is -0.938. The van der Waals surface area contributed by atoms with Gasteiger partial charge in [-0.05, 0) is 25.1 Å². The number of benzene rings is 1. The van der Waals surface area contributed by atoms with Gasteiger partial charge in [-0.2, -0.15) is 0 Å². The minimum atomic E-state index is -0.543. The molecule has 0 spiro atoms. The highest BCUT2D eigenvalue weighted by molar-refractivity contribution is 6.03. The first-order valence-electron chi connectivity index (χ1n) is 9.98. The Morgan fingerprint density at radius 1 is 1.03 bits per heavy atom. The third-order valence-corrected chi connectivity index (χ3v) is 4.80. The SMILES string of the molecule is Cc1nc(C)c(C(=O)Nc2ccc(F)c(-c3cn4cc(NC(=O)c5ncco5)cnc4n3)c2)o1. The summed E-state index contributed by atoms with van der Waals surface area (Å²) in [6.07, 6.45) is 7.17. The maximum absolute atomic E-state index is 14.6. The zero-order valence-corrected chi connectivity index (χ0v) is 17.9. The first-order chi connectivity index (χ1) is 16.4. The molecular formula is C22H16FN7O4. The van der Waals surface area contributed by atoms with Gasteiger partial charge >= 0.3 is 5.91 Å². The monoisotopic (exact) mass is 461 g/mol. The summed E-state index contributed by atoms with van der Waals surface area (Å²) >= 11 is 0. The molecule has 0 aliphatic heterocycles. The fourth-order valence-electron chi connectivity index (χ4n) is 3.33. The molecule has 0 atom stereocenters. The third-order valence-electron chi connectivity index (χ3n) is 4.80. The number of hydrogen-bond donors (Lipinski definition) is 2. The Labute approximate surface area is 190 Å². The quantitative estimate of drug-likeness (QED) is 0.404. The lowest BCUT2D eigenvalue weighted by molar-refractivity contribution is 0.0985. The van der Waals surface area contributed by atoms with Crippen molar-refractivity contribution in [3.05, 3.63) is 78.3 Å². The van der Waals surface area contributed by atoms with E-state index < -0.39 is 17.6 Å². The molecule has 170 valence electrons. The normalized spacial score (nSPS) is 11.0. The van der Waals surface area contributed by atoms with Crippen LogP contribution in [0.3, 0.4) is 0 Å². The number of carbonyl (C=O) groups excluding carboxylic acids is 2. The molecule has 11 nitrogen and oxygen atoms in total. The summed E-state index contributed by atoms with van der Waals surface area (Å²) in [7, 11) is 0. The first kappa shape index (κ1) is 21.0. The van der Waals surface area contributed by atoms with Crippen molar-refractivity contribution in [2.45, 2.75) is 13.8 Å². The van der Waals surface area contributed by atoms with E-state index in [9.17, 15) is 14.0 Å². The second kappa shape index (κ2) is 8.24. The molecule has 5 aromatic rings. The number of nitrogens with one attached hydrogen (secondary N) is 2. The number of amides is 2. The molecule has 4 heterocycles. The van der Waals surface area contributed by atoms with Crippen LogP contribution < -0.4 is 10.6 Å². The molecule has 0 aliphatic carbocycles. The number of fused-ring (bicyclic) bond motifs is 1. The zero-order valence-electron chi connectivity index (χ0n) is 17.9. The Morgan fingerprint density at radius 2 is 1.85 bits per heavy atom. The largest absolute Gasteiger partial charge is 0.441 e. The summed E-state index contributed by atoms with van der Waals surface area (Å²) in [6, 6.07) is 4.11. The van der Waals surface area contributed by atoms with Crippen LogP contribution in [0.25, 0.3) is 17.0 Å². The van der Waals surface area contributed by atoms with E-state index in [1.807, 2.05) is 0 Å². The van der Waals surface area contributed by atoms with Gasteiger partial charge in [0.2, 0.25) is 11.5 Å². The van der Waals surface area contributed by atoms with Gasteiger partial charge in [0.15, 0.2) is 5.89 Å². The molecule has 2 amide bonds.